The van der Waals surface area contributed by atoms with Crippen LogP contribution in [0.25, 0.3) is 0 Å². The molecule has 6 heteroatoms. The first-order valence-electron chi connectivity index (χ1n) is 8.00. The van der Waals surface area contributed by atoms with Crippen molar-refractivity contribution in [1.82, 2.24) is 15.0 Å². The third-order valence-corrected chi connectivity index (χ3v) is 4.37. The molecule has 2 fully saturated rings. The summed E-state index contributed by atoms with van der Waals surface area (Å²) in [6.07, 6.45) is 2.31. The molecule has 0 unspecified atom stereocenters. The summed E-state index contributed by atoms with van der Waals surface area (Å²) < 4.78 is 10.8. The molecular weight excluding hydrogens is 294 g/mol. The number of benzene rings is 1. The zero-order valence-electron chi connectivity index (χ0n) is 13.1. The van der Waals surface area contributed by atoms with Gasteiger partial charge < -0.3 is 14.2 Å². The Morgan fingerprint density at radius 2 is 2.00 bits per heavy atom. The molecule has 0 radical (unpaired) electrons. The summed E-state index contributed by atoms with van der Waals surface area (Å²) in [5, 5.41) is 4.02. The summed E-state index contributed by atoms with van der Waals surface area (Å²) in [5.74, 6) is 2.85. The number of aryl methyl sites for hydroxylation is 1. The van der Waals surface area contributed by atoms with Gasteiger partial charge in [-0.1, -0.05) is 22.9 Å². The Bertz CT molecular complexity index is 700. The second-order valence-corrected chi connectivity index (χ2v) is 6.36. The fourth-order valence-corrected chi connectivity index (χ4v) is 2.63. The van der Waals surface area contributed by atoms with Gasteiger partial charge in [0, 0.05) is 19.0 Å². The zero-order valence-corrected chi connectivity index (χ0v) is 13.1. The highest BCUT2D eigenvalue weighted by atomic mass is 16.5. The van der Waals surface area contributed by atoms with Gasteiger partial charge in [0.25, 0.3) is 5.91 Å². The molecule has 6 nitrogen and oxygen atoms in total. The van der Waals surface area contributed by atoms with E-state index in [1.165, 1.54) is 5.56 Å². The molecule has 1 aromatic heterocycles. The maximum absolute atomic E-state index is 12.1. The van der Waals surface area contributed by atoms with Crippen LogP contribution in [-0.2, 0) is 4.79 Å². The molecule has 1 aliphatic carbocycles. The standard InChI is InChI=1S/C17H19N3O3/c1-11-2-6-14(7-3-11)22-10-15(21)20-8-13(9-20)17-18-16(19-23-17)12-4-5-12/h2-3,6-7,12-13H,4-5,8-10H2,1H3. The lowest BCUT2D eigenvalue weighted by Crippen LogP contribution is -2.50. The van der Waals surface area contributed by atoms with Gasteiger partial charge >= 0.3 is 0 Å². The van der Waals surface area contributed by atoms with Crippen LogP contribution < -0.4 is 4.74 Å². The molecule has 23 heavy (non-hydrogen) atoms. The Balaban J connectivity index is 1.25. The molecule has 1 aliphatic heterocycles. The smallest absolute Gasteiger partial charge is 0.260 e. The average molecular weight is 313 g/mol. The summed E-state index contributed by atoms with van der Waals surface area (Å²) in [4.78, 5) is 18.3. The van der Waals surface area contributed by atoms with Crippen LogP contribution >= 0.6 is 0 Å². The molecule has 4 rings (SSSR count). The van der Waals surface area contributed by atoms with Crippen molar-refractivity contribution in [1.29, 1.82) is 0 Å². The average Bonchev–Trinajstić information content (AvgIpc) is 3.25. The molecule has 0 atom stereocenters. The van der Waals surface area contributed by atoms with Crippen LogP contribution in [0.1, 0.15) is 42.0 Å². The number of hydrogen-bond donors (Lipinski definition) is 0. The number of aromatic nitrogens is 2. The van der Waals surface area contributed by atoms with E-state index < -0.39 is 0 Å². The Morgan fingerprint density at radius 1 is 1.26 bits per heavy atom. The van der Waals surface area contributed by atoms with E-state index in [2.05, 4.69) is 10.1 Å². The number of carbonyl (C=O) groups excluding carboxylic acids is 1. The minimum Gasteiger partial charge on any atom is -0.484 e. The second kappa shape index (κ2) is 5.68. The summed E-state index contributed by atoms with van der Waals surface area (Å²) in [6, 6.07) is 7.68. The number of amides is 1. The Morgan fingerprint density at radius 3 is 2.70 bits per heavy atom. The monoisotopic (exact) mass is 313 g/mol. The van der Waals surface area contributed by atoms with Gasteiger partial charge in [-0.2, -0.15) is 4.98 Å². The normalized spacial score (nSPS) is 17.9. The minimum absolute atomic E-state index is 0.0104. The van der Waals surface area contributed by atoms with Gasteiger partial charge in [0.2, 0.25) is 5.89 Å². The van der Waals surface area contributed by atoms with Crippen LogP contribution in [0.4, 0.5) is 0 Å². The first-order valence-corrected chi connectivity index (χ1v) is 8.00. The van der Waals surface area contributed by atoms with Gasteiger partial charge in [0.1, 0.15) is 5.75 Å². The van der Waals surface area contributed by atoms with Gasteiger partial charge in [0.15, 0.2) is 12.4 Å². The van der Waals surface area contributed by atoms with E-state index in [1.54, 1.807) is 4.90 Å². The molecule has 1 saturated heterocycles. The molecule has 0 spiro atoms. The molecule has 2 heterocycles. The largest absolute Gasteiger partial charge is 0.484 e. The van der Waals surface area contributed by atoms with E-state index in [0.29, 0.717) is 30.6 Å². The predicted molar refractivity (Wildman–Crippen MR) is 82.3 cm³/mol. The number of carbonyl (C=O) groups is 1. The molecule has 1 saturated carbocycles. The highest BCUT2D eigenvalue weighted by Crippen LogP contribution is 2.39. The molecule has 2 aromatic rings. The van der Waals surface area contributed by atoms with E-state index in [1.807, 2.05) is 31.2 Å². The van der Waals surface area contributed by atoms with Crippen molar-refractivity contribution < 1.29 is 14.1 Å². The third-order valence-electron chi connectivity index (χ3n) is 4.37. The second-order valence-electron chi connectivity index (χ2n) is 6.36. The van der Waals surface area contributed by atoms with E-state index in [9.17, 15) is 4.79 Å². The van der Waals surface area contributed by atoms with Gasteiger partial charge in [-0.3, -0.25) is 4.79 Å². The molecule has 1 amide bonds. The maximum atomic E-state index is 12.1. The number of ether oxygens (including phenoxy) is 1. The van der Waals surface area contributed by atoms with Gasteiger partial charge in [-0.15, -0.1) is 0 Å². The van der Waals surface area contributed by atoms with E-state index in [-0.39, 0.29) is 18.4 Å². The van der Waals surface area contributed by atoms with Crippen molar-refractivity contribution in [3.63, 3.8) is 0 Å². The molecule has 1 aromatic carbocycles. The highest BCUT2D eigenvalue weighted by molar-refractivity contribution is 5.78. The minimum atomic E-state index is -0.0104. The fourth-order valence-electron chi connectivity index (χ4n) is 2.63. The fraction of sp³-hybridized carbons (Fsp3) is 0.471. The summed E-state index contributed by atoms with van der Waals surface area (Å²) in [7, 11) is 0. The quantitative estimate of drug-likeness (QED) is 0.847. The number of hydrogen-bond acceptors (Lipinski definition) is 5. The van der Waals surface area contributed by atoms with Crippen molar-refractivity contribution in [2.75, 3.05) is 19.7 Å². The van der Waals surface area contributed by atoms with Crippen LogP contribution in [0, 0.1) is 6.92 Å². The summed E-state index contributed by atoms with van der Waals surface area (Å²) >= 11 is 0. The lowest BCUT2D eigenvalue weighted by atomic mass is 10.0. The number of nitrogens with zero attached hydrogens (tertiary/aromatic N) is 3. The molecular formula is C17H19N3O3. The summed E-state index contributed by atoms with van der Waals surface area (Å²) in [6.45, 7) is 3.33. The van der Waals surface area contributed by atoms with Crippen molar-refractivity contribution in [2.24, 2.45) is 0 Å². The lowest BCUT2D eigenvalue weighted by molar-refractivity contribution is -0.138. The van der Waals surface area contributed by atoms with E-state index >= 15 is 0 Å². The highest BCUT2D eigenvalue weighted by Gasteiger charge is 2.37. The van der Waals surface area contributed by atoms with Crippen molar-refractivity contribution in [2.45, 2.75) is 31.6 Å². The Hall–Kier alpha value is -2.37. The van der Waals surface area contributed by atoms with Gasteiger partial charge in [0.05, 0.1) is 5.92 Å². The molecule has 0 N–H and O–H groups in total. The molecule has 2 aliphatic rings. The molecule has 0 bridgehead atoms. The Labute approximate surface area is 134 Å². The van der Waals surface area contributed by atoms with Crippen LogP contribution in [0.3, 0.4) is 0 Å². The van der Waals surface area contributed by atoms with E-state index in [0.717, 1.165) is 18.7 Å². The van der Waals surface area contributed by atoms with Crippen molar-refractivity contribution in [3.8, 4) is 5.75 Å². The molecule has 120 valence electrons. The van der Waals surface area contributed by atoms with E-state index in [4.69, 9.17) is 9.26 Å². The first kappa shape index (κ1) is 14.2. The maximum Gasteiger partial charge on any atom is 0.260 e. The van der Waals surface area contributed by atoms with Crippen LogP contribution in [0.5, 0.6) is 5.75 Å². The Kier molecular flexibility index (Phi) is 3.52. The third kappa shape index (κ3) is 3.06. The van der Waals surface area contributed by atoms with Crippen molar-refractivity contribution >= 4 is 5.91 Å². The van der Waals surface area contributed by atoms with Crippen LogP contribution in [0.2, 0.25) is 0 Å². The van der Waals surface area contributed by atoms with Gasteiger partial charge in [-0.05, 0) is 31.9 Å². The number of likely N-dealkylation sites (tertiary alicyclic amines) is 1. The summed E-state index contributed by atoms with van der Waals surface area (Å²) in [5.41, 5.74) is 1.17. The first-order chi connectivity index (χ1) is 11.2. The lowest BCUT2D eigenvalue weighted by Gasteiger charge is -2.36. The SMILES string of the molecule is Cc1ccc(OCC(=O)N2CC(c3nc(C4CC4)no3)C2)cc1. The predicted octanol–water partition coefficient (Wildman–Crippen LogP) is 2.26. The van der Waals surface area contributed by atoms with Crippen LogP contribution in [-0.4, -0.2) is 40.6 Å². The topological polar surface area (TPSA) is 68.5 Å². The number of rotatable bonds is 5. The van der Waals surface area contributed by atoms with Gasteiger partial charge in [-0.25, -0.2) is 0 Å². The van der Waals surface area contributed by atoms with Crippen LogP contribution in [0.15, 0.2) is 28.8 Å². The van der Waals surface area contributed by atoms with Crippen molar-refractivity contribution in [3.05, 3.63) is 41.5 Å². The zero-order chi connectivity index (χ0) is 15.8.